The Balaban J connectivity index is 0.000000149. The number of nitrogens with zero attached hydrogens (tertiary/aromatic N) is 10. The van der Waals surface area contributed by atoms with E-state index >= 15 is 0 Å². The first kappa shape index (κ1) is 57.7. The molecule has 0 radical (unpaired) electrons. The number of fused-ring (bicyclic) bond motifs is 10. The second-order valence-corrected chi connectivity index (χ2v) is 22.4. The zero-order valence-electron chi connectivity index (χ0n) is 48.3. The molecule has 0 atom stereocenters. The number of para-hydroxylation sites is 8. The van der Waals surface area contributed by atoms with Gasteiger partial charge in [0.25, 0.3) is 0 Å². The topological polar surface area (TPSA) is 105 Å². The molecular weight excluding hydrogens is 1520 g/mol. The van der Waals surface area contributed by atoms with Crippen molar-refractivity contribution < 1.29 is 56.3 Å². The Morgan fingerprint density at radius 2 is 0.772 bits per heavy atom. The van der Waals surface area contributed by atoms with E-state index < -0.39 is 0 Å². The van der Waals surface area contributed by atoms with Crippen LogP contribution in [0, 0.1) is 24.3 Å². The molecule has 0 saturated carbocycles. The Hall–Kier alpha value is -10.8. The van der Waals surface area contributed by atoms with Gasteiger partial charge in [0.2, 0.25) is 0 Å². The van der Waals surface area contributed by atoms with Gasteiger partial charge in [-0.25, -0.2) is 9.97 Å². The quantitative estimate of drug-likeness (QED) is 0.123. The van der Waals surface area contributed by atoms with E-state index in [1.807, 2.05) is 181 Å². The van der Waals surface area contributed by atoms with E-state index in [0.29, 0.717) is 23.0 Å². The molecule has 6 aromatic heterocycles. The molecule has 444 valence electrons. The number of anilines is 6. The van der Waals surface area contributed by atoms with E-state index in [-0.39, 0.29) is 42.1 Å². The van der Waals surface area contributed by atoms with Crippen LogP contribution in [0.15, 0.2) is 290 Å². The Labute approximate surface area is 561 Å². The van der Waals surface area contributed by atoms with E-state index in [9.17, 15) is 0 Å². The molecule has 16 heteroatoms. The van der Waals surface area contributed by atoms with Gasteiger partial charge in [-0.15, -0.1) is 71.4 Å². The summed E-state index contributed by atoms with van der Waals surface area (Å²) >= 11 is 1.79. The molecule has 18 rings (SSSR count). The third kappa shape index (κ3) is 10.5. The summed E-state index contributed by atoms with van der Waals surface area (Å²) in [6, 6.07) is 94.8. The van der Waals surface area contributed by atoms with Gasteiger partial charge in [-0.05, 0) is 107 Å². The first-order chi connectivity index (χ1) is 44.6. The van der Waals surface area contributed by atoms with Crippen molar-refractivity contribution in [3.63, 3.8) is 0 Å². The van der Waals surface area contributed by atoms with Gasteiger partial charge >= 0.3 is 42.1 Å². The number of pyridine rings is 2. The first-order valence-corrected chi connectivity index (χ1v) is 30.0. The molecule has 0 aliphatic carbocycles. The van der Waals surface area contributed by atoms with Crippen molar-refractivity contribution >= 4 is 89.5 Å². The second kappa shape index (κ2) is 24.6. The normalized spacial score (nSPS) is 12.0. The van der Waals surface area contributed by atoms with Gasteiger partial charge in [0.1, 0.15) is 11.6 Å². The van der Waals surface area contributed by atoms with Crippen LogP contribution in [-0.2, 0) is 42.1 Å². The predicted molar refractivity (Wildman–Crippen MR) is 353 cm³/mol. The summed E-state index contributed by atoms with van der Waals surface area (Å²) in [5.41, 5.74) is 11.5. The van der Waals surface area contributed by atoms with Crippen molar-refractivity contribution in [2.24, 2.45) is 0 Å². The second-order valence-electron chi connectivity index (χ2n) is 21.3. The average molecular weight is 1570 g/mol. The zero-order valence-corrected chi connectivity index (χ0v) is 53.7. The van der Waals surface area contributed by atoms with Crippen molar-refractivity contribution in [1.29, 1.82) is 0 Å². The number of benzene rings is 10. The summed E-state index contributed by atoms with van der Waals surface area (Å²) in [5.74, 6) is 5.55. The molecule has 0 unspecified atom stereocenters. The Kier molecular flexibility index (Phi) is 15.4. The van der Waals surface area contributed by atoms with Crippen LogP contribution in [0.3, 0.4) is 0 Å². The molecule has 8 heterocycles. The minimum absolute atomic E-state index is 0. The van der Waals surface area contributed by atoms with Crippen LogP contribution in [-0.4, -0.2) is 38.7 Å². The molecule has 13 nitrogen and oxygen atoms in total. The summed E-state index contributed by atoms with van der Waals surface area (Å²) in [7, 11) is 0. The van der Waals surface area contributed by atoms with E-state index in [0.717, 1.165) is 112 Å². The average Bonchev–Trinajstić information content (AvgIpc) is 2.06. The maximum absolute atomic E-state index is 6.35. The summed E-state index contributed by atoms with van der Waals surface area (Å²) < 4.78 is 26.7. The Bertz CT molecular complexity index is 4980. The van der Waals surface area contributed by atoms with Crippen molar-refractivity contribution in [3.8, 4) is 57.5 Å². The van der Waals surface area contributed by atoms with Crippen LogP contribution >= 0.6 is 11.8 Å². The minimum Gasteiger partial charge on any atom is -0.509 e. The zero-order chi connectivity index (χ0) is 59.5. The molecular formula is C76H46N10O3Pt2S. The molecule has 16 aromatic rings. The Morgan fingerprint density at radius 3 is 1.25 bits per heavy atom. The number of hydrogen-bond donors (Lipinski definition) is 0. The van der Waals surface area contributed by atoms with Crippen LogP contribution in [0.4, 0.5) is 34.1 Å². The van der Waals surface area contributed by atoms with Crippen molar-refractivity contribution in [3.05, 3.63) is 304 Å². The minimum atomic E-state index is 0. The predicted octanol–water partition coefficient (Wildman–Crippen LogP) is 19.0. The number of rotatable bonds is 10. The molecule has 0 saturated heterocycles. The van der Waals surface area contributed by atoms with E-state index in [1.165, 1.54) is 9.79 Å². The van der Waals surface area contributed by atoms with Gasteiger partial charge in [-0.1, -0.05) is 120 Å². The van der Waals surface area contributed by atoms with Crippen molar-refractivity contribution in [2.45, 2.75) is 9.79 Å². The number of aromatic nitrogens is 8. The van der Waals surface area contributed by atoms with E-state index in [4.69, 9.17) is 24.4 Å². The molecule has 0 spiro atoms. The van der Waals surface area contributed by atoms with Gasteiger partial charge in [-0.3, -0.25) is 9.36 Å². The monoisotopic (exact) mass is 1570 g/mol. The van der Waals surface area contributed by atoms with Crippen LogP contribution in [0.25, 0.3) is 66.6 Å². The van der Waals surface area contributed by atoms with Crippen molar-refractivity contribution in [2.75, 3.05) is 9.80 Å². The maximum atomic E-state index is 6.35. The largest absolute Gasteiger partial charge is 2.00 e. The fraction of sp³-hybridized carbons (Fsp3) is 0. The Morgan fingerprint density at radius 1 is 0.359 bits per heavy atom. The van der Waals surface area contributed by atoms with Crippen LogP contribution in [0.5, 0.6) is 34.5 Å². The fourth-order valence-electron chi connectivity index (χ4n) is 11.9. The van der Waals surface area contributed by atoms with Gasteiger partial charge in [0, 0.05) is 56.2 Å². The summed E-state index contributed by atoms with van der Waals surface area (Å²) in [6.07, 6.45) is 11.4. The van der Waals surface area contributed by atoms with E-state index in [1.54, 1.807) is 28.8 Å². The molecule has 0 amide bonds. The molecule has 92 heavy (non-hydrogen) atoms. The van der Waals surface area contributed by atoms with Gasteiger partial charge in [0.05, 0.1) is 58.9 Å². The van der Waals surface area contributed by atoms with Gasteiger partial charge in [-0.2, -0.15) is 34.5 Å². The van der Waals surface area contributed by atoms with E-state index in [2.05, 4.69) is 144 Å². The third-order valence-electron chi connectivity index (χ3n) is 15.8. The molecule has 2 aliphatic rings. The molecule has 2 aliphatic heterocycles. The third-order valence-corrected chi connectivity index (χ3v) is 17.0. The summed E-state index contributed by atoms with van der Waals surface area (Å²) in [5, 5.41) is 13.9. The van der Waals surface area contributed by atoms with Gasteiger partial charge < -0.3 is 33.1 Å². The van der Waals surface area contributed by atoms with Crippen molar-refractivity contribution in [1.82, 2.24) is 38.7 Å². The standard InChI is InChI=1S/C38H23N5O2.C38H23N5OS.2Pt/c2*1-2-13-32-30(12-1)31-20-19-29(23-35(31)43(32)38-18-7-8-21-39-38)44-28-11-9-10-26(22-28)41-25-27(24-40-41)42-33-14-3-5-16-36(33)45-37-17-6-4-15-34(37)42;;/h2*1-21,24-25H;;/q2*-2;2*+2. The SMILES string of the molecule is [Pt+2].[Pt+2].[c-]1c(Oc2[c-]c3c(cc2)c2ccccc2n3-c2ccccn2)cccc1-n1cc(N2c3ccccc3Oc3ccccc32)cn1.[c-]1c(Oc2[c-]c3c(cc2)c2ccccc2n3-c2ccccn2)cccc1-n1cc(N2c3ccccc3Sc3ccccc32)cn1. The molecule has 0 N–H and O–H groups in total. The number of hydrogen-bond acceptors (Lipinski definition) is 10. The molecule has 0 bridgehead atoms. The summed E-state index contributed by atoms with van der Waals surface area (Å²) in [6.45, 7) is 0. The fourth-order valence-corrected chi connectivity index (χ4v) is 13.0. The number of ether oxygens (including phenoxy) is 3. The smallest absolute Gasteiger partial charge is 0.509 e. The first-order valence-electron chi connectivity index (χ1n) is 29.2. The van der Waals surface area contributed by atoms with Crippen LogP contribution in [0.2, 0.25) is 0 Å². The molecule has 0 fully saturated rings. The molecule has 10 aromatic carbocycles. The van der Waals surface area contributed by atoms with Crippen LogP contribution in [0.1, 0.15) is 0 Å². The summed E-state index contributed by atoms with van der Waals surface area (Å²) in [4.78, 5) is 16.1. The van der Waals surface area contributed by atoms with Gasteiger partial charge in [0.15, 0.2) is 11.5 Å². The maximum Gasteiger partial charge on any atom is 2.00 e. The van der Waals surface area contributed by atoms with Crippen LogP contribution < -0.4 is 24.0 Å².